The molecule has 0 aliphatic heterocycles. The second kappa shape index (κ2) is 9.39. The number of benzene rings is 1. The number of carbonyl (C=O) groups excluding carboxylic acids is 1. The maximum Gasteiger partial charge on any atom is 0.224 e. The molecule has 3 rings (SSSR count). The van der Waals surface area contributed by atoms with Crippen molar-refractivity contribution in [2.75, 3.05) is 20.8 Å². The summed E-state index contributed by atoms with van der Waals surface area (Å²) in [6.07, 6.45) is 2.36. The topological polar surface area (TPSA) is 47.6 Å². The first-order valence-corrected chi connectivity index (χ1v) is 10.3. The molecule has 27 heavy (non-hydrogen) atoms. The average molecular weight is 400 g/mol. The fourth-order valence-corrected chi connectivity index (χ4v) is 4.06. The molecular weight excluding hydrogens is 378 g/mol. The van der Waals surface area contributed by atoms with Gasteiger partial charge in [0.25, 0.3) is 0 Å². The van der Waals surface area contributed by atoms with Crippen molar-refractivity contribution in [2.45, 2.75) is 6.42 Å². The van der Waals surface area contributed by atoms with Crippen LogP contribution in [0.1, 0.15) is 16.7 Å². The van der Waals surface area contributed by atoms with E-state index in [0.717, 1.165) is 11.1 Å². The highest BCUT2D eigenvalue weighted by Crippen LogP contribution is 2.28. The van der Waals surface area contributed by atoms with Crippen LogP contribution in [-0.4, -0.2) is 26.7 Å². The van der Waals surface area contributed by atoms with Gasteiger partial charge < -0.3 is 14.8 Å². The monoisotopic (exact) mass is 399 g/mol. The van der Waals surface area contributed by atoms with E-state index in [-0.39, 0.29) is 5.91 Å². The third-order valence-electron chi connectivity index (χ3n) is 4.08. The molecule has 140 valence electrons. The minimum Gasteiger partial charge on any atom is -0.493 e. The normalized spacial score (nSPS) is 10.3. The number of hydrogen-bond acceptors (Lipinski definition) is 5. The fraction of sp³-hybridized carbons (Fsp3) is 0.190. The lowest BCUT2D eigenvalue weighted by Gasteiger charge is -2.10. The summed E-state index contributed by atoms with van der Waals surface area (Å²) < 4.78 is 10.5. The summed E-state index contributed by atoms with van der Waals surface area (Å²) in [4.78, 5) is 12.3. The molecule has 1 amide bonds. The van der Waals surface area contributed by atoms with Crippen molar-refractivity contribution in [2.24, 2.45) is 0 Å². The quantitative estimate of drug-likeness (QED) is 0.601. The van der Waals surface area contributed by atoms with Crippen molar-refractivity contribution in [3.63, 3.8) is 0 Å². The van der Waals surface area contributed by atoms with E-state index in [1.807, 2.05) is 18.2 Å². The second-order valence-corrected chi connectivity index (χ2v) is 7.37. The summed E-state index contributed by atoms with van der Waals surface area (Å²) in [6, 6.07) is 9.71. The summed E-state index contributed by atoms with van der Waals surface area (Å²) in [5.41, 5.74) is 4.37. The standard InChI is InChI=1S/C21H21NO3S2/c1-24-19-4-3-15(11-20(19)25-2)12-21(23)22-8-5-18(16-6-9-26-13-16)17-7-10-27-14-17/h3-7,9-11,13-14H,8,12H2,1-2H3,(H,22,23). The molecule has 6 heteroatoms. The van der Waals surface area contributed by atoms with Crippen LogP contribution in [0.2, 0.25) is 0 Å². The van der Waals surface area contributed by atoms with Gasteiger partial charge in [-0.3, -0.25) is 4.79 Å². The minimum absolute atomic E-state index is 0.0338. The van der Waals surface area contributed by atoms with Crippen molar-refractivity contribution in [1.29, 1.82) is 0 Å². The van der Waals surface area contributed by atoms with Crippen LogP contribution >= 0.6 is 22.7 Å². The van der Waals surface area contributed by atoms with Crippen LogP contribution in [0.5, 0.6) is 11.5 Å². The van der Waals surface area contributed by atoms with Gasteiger partial charge in [-0.15, -0.1) is 0 Å². The minimum atomic E-state index is -0.0338. The van der Waals surface area contributed by atoms with E-state index in [0.29, 0.717) is 24.5 Å². The van der Waals surface area contributed by atoms with Crippen LogP contribution in [0.3, 0.4) is 0 Å². The maximum atomic E-state index is 12.3. The number of rotatable bonds is 8. The molecule has 0 radical (unpaired) electrons. The van der Waals surface area contributed by atoms with E-state index in [4.69, 9.17) is 9.47 Å². The Hall–Kier alpha value is -2.57. The second-order valence-electron chi connectivity index (χ2n) is 5.81. The van der Waals surface area contributed by atoms with Crippen molar-refractivity contribution in [1.82, 2.24) is 5.32 Å². The molecule has 0 aliphatic rings. The van der Waals surface area contributed by atoms with Gasteiger partial charge >= 0.3 is 0 Å². The molecule has 1 N–H and O–H groups in total. The number of amides is 1. The van der Waals surface area contributed by atoms with E-state index in [1.165, 1.54) is 11.1 Å². The number of nitrogens with one attached hydrogen (secondary N) is 1. The lowest BCUT2D eigenvalue weighted by atomic mass is 10.0. The van der Waals surface area contributed by atoms with Gasteiger partial charge in [0.15, 0.2) is 11.5 Å². The first-order valence-electron chi connectivity index (χ1n) is 8.44. The van der Waals surface area contributed by atoms with E-state index < -0.39 is 0 Å². The van der Waals surface area contributed by atoms with Gasteiger partial charge in [0.2, 0.25) is 5.91 Å². The first kappa shape index (κ1) is 19.2. The molecule has 4 nitrogen and oxygen atoms in total. The molecule has 0 saturated carbocycles. The lowest BCUT2D eigenvalue weighted by molar-refractivity contribution is -0.120. The Morgan fingerprint density at radius 2 is 1.67 bits per heavy atom. The zero-order valence-corrected chi connectivity index (χ0v) is 16.9. The van der Waals surface area contributed by atoms with Gasteiger partial charge in [0.05, 0.1) is 20.6 Å². The van der Waals surface area contributed by atoms with Crippen LogP contribution in [-0.2, 0) is 11.2 Å². The van der Waals surface area contributed by atoms with E-state index >= 15 is 0 Å². The molecule has 0 atom stereocenters. The van der Waals surface area contributed by atoms with Gasteiger partial charge in [-0.2, -0.15) is 22.7 Å². The van der Waals surface area contributed by atoms with E-state index in [1.54, 1.807) is 36.9 Å². The van der Waals surface area contributed by atoms with Crippen molar-refractivity contribution in [3.05, 3.63) is 74.6 Å². The molecule has 0 spiro atoms. The highest BCUT2D eigenvalue weighted by Gasteiger charge is 2.09. The Labute approximate surface area is 167 Å². The van der Waals surface area contributed by atoms with Crippen LogP contribution in [0, 0.1) is 0 Å². The Balaban J connectivity index is 1.64. The van der Waals surface area contributed by atoms with E-state index in [9.17, 15) is 4.79 Å². The summed E-state index contributed by atoms with van der Waals surface area (Å²) >= 11 is 3.33. The Kier molecular flexibility index (Phi) is 6.68. The van der Waals surface area contributed by atoms with Gasteiger partial charge in [0, 0.05) is 6.54 Å². The van der Waals surface area contributed by atoms with Gasteiger partial charge in [-0.25, -0.2) is 0 Å². The van der Waals surface area contributed by atoms with E-state index in [2.05, 4.69) is 45.0 Å². The molecule has 0 unspecified atom stereocenters. The number of hydrogen-bond donors (Lipinski definition) is 1. The van der Waals surface area contributed by atoms with Gasteiger partial charge in [0.1, 0.15) is 0 Å². The summed E-state index contributed by atoms with van der Waals surface area (Å²) in [7, 11) is 3.18. The molecule has 0 saturated heterocycles. The molecule has 0 bridgehead atoms. The fourth-order valence-electron chi connectivity index (χ4n) is 2.74. The predicted octanol–water partition coefficient (Wildman–Crippen LogP) is 4.62. The zero-order chi connectivity index (χ0) is 19.1. The van der Waals surface area contributed by atoms with Crippen LogP contribution in [0.4, 0.5) is 0 Å². The third-order valence-corrected chi connectivity index (χ3v) is 5.45. The smallest absolute Gasteiger partial charge is 0.224 e. The molecule has 2 heterocycles. The molecular formula is C21H21NO3S2. The van der Waals surface area contributed by atoms with Gasteiger partial charge in [-0.1, -0.05) is 12.1 Å². The first-order chi connectivity index (χ1) is 13.2. The zero-order valence-electron chi connectivity index (χ0n) is 15.2. The molecule has 3 aromatic rings. The Bertz CT molecular complexity index is 863. The molecule has 1 aromatic carbocycles. The third kappa shape index (κ3) is 4.99. The summed E-state index contributed by atoms with van der Waals surface area (Å²) in [5, 5.41) is 11.3. The lowest BCUT2D eigenvalue weighted by Crippen LogP contribution is -2.25. The maximum absolute atomic E-state index is 12.3. The Morgan fingerprint density at radius 3 is 2.22 bits per heavy atom. The van der Waals surface area contributed by atoms with Crippen molar-refractivity contribution < 1.29 is 14.3 Å². The SMILES string of the molecule is COc1ccc(CC(=O)NCC=C(c2ccsc2)c2ccsc2)cc1OC. The highest BCUT2D eigenvalue weighted by atomic mass is 32.1. The number of ether oxygens (including phenoxy) is 2. The van der Waals surface area contributed by atoms with Crippen molar-refractivity contribution in [3.8, 4) is 11.5 Å². The number of thiophene rings is 2. The van der Waals surface area contributed by atoms with Crippen molar-refractivity contribution >= 4 is 34.2 Å². The molecule has 2 aromatic heterocycles. The largest absolute Gasteiger partial charge is 0.493 e. The van der Waals surface area contributed by atoms with Crippen LogP contribution < -0.4 is 14.8 Å². The summed E-state index contributed by atoms with van der Waals surface area (Å²) in [5.74, 6) is 1.24. The number of carbonyl (C=O) groups is 1. The van der Waals surface area contributed by atoms with Crippen LogP contribution in [0.25, 0.3) is 5.57 Å². The highest BCUT2D eigenvalue weighted by molar-refractivity contribution is 7.08. The molecule has 0 fully saturated rings. The number of methoxy groups -OCH3 is 2. The predicted molar refractivity (Wildman–Crippen MR) is 112 cm³/mol. The average Bonchev–Trinajstić information content (AvgIpc) is 3.39. The Morgan fingerprint density at radius 1 is 1.00 bits per heavy atom. The van der Waals surface area contributed by atoms with Gasteiger partial charge in [-0.05, 0) is 68.0 Å². The summed E-state index contributed by atoms with van der Waals surface area (Å²) in [6.45, 7) is 0.479. The van der Waals surface area contributed by atoms with Crippen LogP contribution in [0.15, 0.2) is 57.9 Å². The molecule has 0 aliphatic carbocycles.